The number of benzene rings is 1. The van der Waals surface area contributed by atoms with Crippen LogP contribution in [-0.2, 0) is 16.4 Å². The van der Waals surface area contributed by atoms with E-state index in [4.69, 9.17) is 18.0 Å². The molecule has 0 aliphatic carbocycles. The molecular formula is C13H13N3O2S2. The van der Waals surface area contributed by atoms with Crippen LogP contribution < -0.4 is 10.5 Å². The Kier molecular flexibility index (Phi) is 4.31. The number of nitrogens with two attached hydrogens (primary N) is 1. The van der Waals surface area contributed by atoms with Crippen molar-refractivity contribution in [3.63, 3.8) is 0 Å². The highest BCUT2D eigenvalue weighted by molar-refractivity contribution is 7.92. The van der Waals surface area contributed by atoms with Gasteiger partial charge in [0.15, 0.2) is 0 Å². The van der Waals surface area contributed by atoms with Gasteiger partial charge in [-0.2, -0.15) is 0 Å². The summed E-state index contributed by atoms with van der Waals surface area (Å²) in [6, 6.07) is 9.71. The van der Waals surface area contributed by atoms with E-state index in [1.165, 1.54) is 18.3 Å². The van der Waals surface area contributed by atoms with E-state index >= 15 is 0 Å². The number of thiocarbonyl (C=S) groups is 1. The van der Waals surface area contributed by atoms with Crippen molar-refractivity contribution in [3.8, 4) is 0 Å². The molecule has 0 radical (unpaired) electrons. The second kappa shape index (κ2) is 5.98. The van der Waals surface area contributed by atoms with E-state index in [1.807, 2.05) is 0 Å². The fourth-order valence-electron chi connectivity index (χ4n) is 1.62. The third-order valence-corrected chi connectivity index (χ3v) is 4.07. The third-order valence-electron chi connectivity index (χ3n) is 2.53. The monoisotopic (exact) mass is 307 g/mol. The maximum atomic E-state index is 12.1. The van der Waals surface area contributed by atoms with Crippen LogP contribution in [0, 0.1) is 0 Å². The van der Waals surface area contributed by atoms with Crippen molar-refractivity contribution in [2.75, 3.05) is 4.72 Å². The quantitative estimate of drug-likeness (QED) is 0.821. The molecule has 0 bridgehead atoms. The zero-order valence-electron chi connectivity index (χ0n) is 10.5. The summed E-state index contributed by atoms with van der Waals surface area (Å²) in [4.78, 5) is 4.40. The van der Waals surface area contributed by atoms with Crippen molar-refractivity contribution in [2.24, 2.45) is 5.73 Å². The first-order chi connectivity index (χ1) is 9.47. The van der Waals surface area contributed by atoms with Gasteiger partial charge in [0.2, 0.25) is 0 Å². The lowest BCUT2D eigenvalue weighted by molar-refractivity contribution is 0.601. The molecule has 104 valence electrons. The molecular weight excluding hydrogens is 294 g/mol. The Balaban J connectivity index is 2.19. The number of nitrogens with zero attached hydrogens (tertiary/aromatic N) is 1. The van der Waals surface area contributed by atoms with Crippen molar-refractivity contribution in [3.05, 3.63) is 54.4 Å². The largest absolute Gasteiger partial charge is 0.393 e. The molecule has 0 saturated heterocycles. The minimum Gasteiger partial charge on any atom is -0.393 e. The van der Waals surface area contributed by atoms with Crippen LogP contribution in [0.4, 0.5) is 5.69 Å². The van der Waals surface area contributed by atoms with Gasteiger partial charge >= 0.3 is 0 Å². The number of aromatic nitrogens is 1. The Bertz CT molecular complexity index is 698. The van der Waals surface area contributed by atoms with Crippen molar-refractivity contribution in [2.45, 2.75) is 11.3 Å². The zero-order valence-corrected chi connectivity index (χ0v) is 12.1. The van der Waals surface area contributed by atoms with Crippen LogP contribution in [0.5, 0.6) is 0 Å². The van der Waals surface area contributed by atoms with Gasteiger partial charge < -0.3 is 5.73 Å². The normalized spacial score (nSPS) is 11.0. The molecule has 7 heteroatoms. The van der Waals surface area contributed by atoms with Crippen LogP contribution in [0.3, 0.4) is 0 Å². The highest BCUT2D eigenvalue weighted by atomic mass is 32.2. The summed E-state index contributed by atoms with van der Waals surface area (Å²) < 4.78 is 26.7. The molecule has 1 heterocycles. The molecule has 1 aromatic carbocycles. The van der Waals surface area contributed by atoms with Gasteiger partial charge in [-0.05, 0) is 29.8 Å². The number of hydrogen-bond donors (Lipinski definition) is 2. The van der Waals surface area contributed by atoms with Crippen molar-refractivity contribution in [1.29, 1.82) is 0 Å². The second-order valence-electron chi connectivity index (χ2n) is 4.13. The second-order valence-corrected chi connectivity index (χ2v) is 6.34. The van der Waals surface area contributed by atoms with Gasteiger partial charge in [-0.25, -0.2) is 8.42 Å². The summed E-state index contributed by atoms with van der Waals surface area (Å²) in [5, 5.41) is 0. The van der Waals surface area contributed by atoms with Gasteiger partial charge in [-0.15, -0.1) is 0 Å². The lowest BCUT2D eigenvalue weighted by atomic mass is 10.1. The molecule has 2 aromatic rings. The first kappa shape index (κ1) is 14.4. The molecule has 0 fully saturated rings. The van der Waals surface area contributed by atoms with E-state index in [0.717, 1.165) is 5.56 Å². The zero-order chi connectivity index (χ0) is 14.6. The first-order valence-electron chi connectivity index (χ1n) is 5.77. The maximum Gasteiger partial charge on any atom is 0.261 e. The van der Waals surface area contributed by atoms with Crippen LogP contribution in [0.15, 0.2) is 53.7 Å². The first-order valence-corrected chi connectivity index (χ1v) is 7.66. The van der Waals surface area contributed by atoms with E-state index < -0.39 is 10.0 Å². The minimum absolute atomic E-state index is 0.174. The molecule has 0 spiro atoms. The van der Waals surface area contributed by atoms with E-state index in [9.17, 15) is 8.42 Å². The Morgan fingerprint density at radius 3 is 2.50 bits per heavy atom. The molecule has 0 amide bonds. The van der Waals surface area contributed by atoms with Crippen LogP contribution in [0.25, 0.3) is 0 Å². The number of rotatable bonds is 5. The highest BCUT2D eigenvalue weighted by Crippen LogP contribution is 2.15. The Hall–Kier alpha value is -1.99. The Labute approximate surface area is 122 Å². The molecule has 0 atom stereocenters. The summed E-state index contributed by atoms with van der Waals surface area (Å²) >= 11 is 4.81. The van der Waals surface area contributed by atoms with Gasteiger partial charge in [0.25, 0.3) is 10.0 Å². The van der Waals surface area contributed by atoms with E-state index in [1.54, 1.807) is 30.5 Å². The standard InChI is InChI=1S/C13H13N3O2S2/c14-13(19)8-10-3-5-12(6-4-10)20(17,18)16-11-2-1-7-15-9-11/h1-7,9,16H,8H2,(H2,14,19). The summed E-state index contributed by atoms with van der Waals surface area (Å²) in [7, 11) is -3.61. The van der Waals surface area contributed by atoms with Gasteiger partial charge in [0.05, 0.1) is 21.8 Å². The molecule has 3 N–H and O–H groups in total. The number of anilines is 1. The van der Waals surface area contributed by atoms with Crippen LogP contribution in [0.1, 0.15) is 5.56 Å². The number of sulfonamides is 1. The minimum atomic E-state index is -3.61. The molecule has 0 saturated carbocycles. The van der Waals surface area contributed by atoms with Crippen LogP contribution in [-0.4, -0.2) is 18.4 Å². The smallest absolute Gasteiger partial charge is 0.261 e. The molecule has 0 unspecified atom stereocenters. The Morgan fingerprint density at radius 1 is 1.25 bits per heavy atom. The predicted molar refractivity (Wildman–Crippen MR) is 82.0 cm³/mol. The molecule has 2 rings (SSSR count). The average molecular weight is 307 g/mol. The van der Waals surface area contributed by atoms with Gasteiger partial charge in [-0.1, -0.05) is 24.4 Å². The van der Waals surface area contributed by atoms with Crippen LogP contribution >= 0.6 is 12.2 Å². The number of hydrogen-bond acceptors (Lipinski definition) is 4. The van der Waals surface area contributed by atoms with Crippen molar-refractivity contribution < 1.29 is 8.42 Å². The van der Waals surface area contributed by atoms with Gasteiger partial charge in [-0.3, -0.25) is 9.71 Å². The molecule has 1 aromatic heterocycles. The van der Waals surface area contributed by atoms with E-state index in [2.05, 4.69) is 9.71 Å². The summed E-state index contributed by atoms with van der Waals surface area (Å²) in [5.41, 5.74) is 6.73. The van der Waals surface area contributed by atoms with Crippen LogP contribution in [0.2, 0.25) is 0 Å². The fraction of sp³-hybridized carbons (Fsp3) is 0.0769. The topological polar surface area (TPSA) is 85.1 Å². The third kappa shape index (κ3) is 3.75. The number of nitrogens with one attached hydrogen (secondary N) is 1. The van der Waals surface area contributed by atoms with Gasteiger partial charge in [0.1, 0.15) is 0 Å². The summed E-state index contributed by atoms with van der Waals surface area (Å²) in [6.45, 7) is 0. The lowest BCUT2D eigenvalue weighted by Crippen LogP contribution is -2.14. The summed E-state index contributed by atoms with van der Waals surface area (Å²) in [5.74, 6) is 0. The average Bonchev–Trinajstić information content (AvgIpc) is 2.39. The maximum absolute atomic E-state index is 12.1. The molecule has 20 heavy (non-hydrogen) atoms. The van der Waals surface area contributed by atoms with Crippen molar-refractivity contribution >= 4 is 32.9 Å². The molecule has 0 aliphatic rings. The molecule has 0 aliphatic heterocycles. The summed E-state index contributed by atoms with van der Waals surface area (Å²) in [6.07, 6.45) is 3.47. The van der Waals surface area contributed by atoms with E-state index in [-0.39, 0.29) is 4.90 Å². The van der Waals surface area contributed by atoms with Gasteiger partial charge in [0, 0.05) is 12.6 Å². The Morgan fingerprint density at radius 2 is 1.95 bits per heavy atom. The SMILES string of the molecule is NC(=S)Cc1ccc(S(=O)(=O)Nc2cccnc2)cc1. The lowest BCUT2D eigenvalue weighted by Gasteiger charge is -2.08. The van der Waals surface area contributed by atoms with Crippen molar-refractivity contribution in [1.82, 2.24) is 4.98 Å². The predicted octanol–water partition coefficient (Wildman–Crippen LogP) is 1.71. The number of pyridine rings is 1. The fourth-order valence-corrected chi connectivity index (χ4v) is 2.83. The highest BCUT2D eigenvalue weighted by Gasteiger charge is 2.13. The van der Waals surface area contributed by atoms with E-state index in [0.29, 0.717) is 17.1 Å². The molecule has 5 nitrogen and oxygen atoms in total.